The molecule has 7 aromatic carbocycles. The molecule has 0 atom stereocenters. The first-order chi connectivity index (χ1) is 22.8. The maximum absolute atomic E-state index is 14.4. The van der Waals surface area contributed by atoms with Crippen molar-refractivity contribution in [1.29, 1.82) is 10.5 Å². The maximum Gasteiger partial charge on any atom is 0.419 e. The number of alkyl halides is 6. The first-order valence-electron chi connectivity index (χ1n) is 14.0. The Hall–Kier alpha value is -6.14. The van der Waals surface area contributed by atoms with E-state index in [-0.39, 0.29) is 21.8 Å². The minimum Gasteiger partial charge on any atom is -0.206 e. The standard InChI is InChI=1S/C36H14F8N4/c37-31-11-19(3-7-29(31)35(39,40)41)17-1-5-21-23-13-28-24(14-27(23)33(47-15-45)25(21)9-17)22-6-2-18(10-26(22)34(28)48-16-46)20-4-8-30(32(38)12-20)36(42,43)44/h1-14H/b47-33+,48-34+. The fourth-order valence-corrected chi connectivity index (χ4v) is 6.23. The van der Waals surface area contributed by atoms with Crippen molar-refractivity contribution < 1.29 is 35.1 Å². The lowest BCUT2D eigenvalue weighted by molar-refractivity contribution is -0.140. The first kappa shape index (κ1) is 30.5. The molecule has 0 saturated heterocycles. The smallest absolute Gasteiger partial charge is 0.206 e. The Kier molecular flexibility index (Phi) is 6.81. The highest BCUT2D eigenvalue weighted by atomic mass is 19.4. The molecule has 0 radical (unpaired) electrons. The van der Waals surface area contributed by atoms with Crippen molar-refractivity contribution in [2.75, 3.05) is 0 Å². The second-order valence-corrected chi connectivity index (χ2v) is 11.0. The van der Waals surface area contributed by atoms with Gasteiger partial charge in [0, 0.05) is 21.5 Å². The highest BCUT2D eigenvalue weighted by Gasteiger charge is 2.35. The van der Waals surface area contributed by atoms with E-state index in [1.54, 1.807) is 60.9 Å². The van der Waals surface area contributed by atoms with Crippen molar-refractivity contribution in [1.82, 2.24) is 0 Å². The fourth-order valence-electron chi connectivity index (χ4n) is 6.23. The number of halogens is 8. The van der Waals surface area contributed by atoms with E-state index >= 15 is 0 Å². The summed E-state index contributed by atoms with van der Waals surface area (Å²) < 4.78 is 107. The van der Waals surface area contributed by atoms with Crippen LogP contribution in [0.4, 0.5) is 35.1 Å². The van der Waals surface area contributed by atoms with Crippen LogP contribution < -0.4 is 10.7 Å². The van der Waals surface area contributed by atoms with Crippen LogP contribution in [0.2, 0.25) is 0 Å². The molecule has 0 aliphatic heterocycles. The van der Waals surface area contributed by atoms with Gasteiger partial charge in [0.1, 0.15) is 11.6 Å². The Labute approximate surface area is 264 Å². The Morgan fingerprint density at radius 1 is 0.417 bits per heavy atom. The molecule has 4 nitrogen and oxygen atoms in total. The molecule has 0 aliphatic rings. The van der Waals surface area contributed by atoms with E-state index in [1.165, 1.54) is 0 Å². The number of benzene rings is 5. The van der Waals surface area contributed by atoms with Crippen LogP contribution in [-0.2, 0) is 12.4 Å². The third kappa shape index (κ3) is 4.81. The lowest BCUT2D eigenvalue weighted by Gasteiger charge is -2.09. The quantitative estimate of drug-likeness (QED) is 0.138. The van der Waals surface area contributed by atoms with Crippen LogP contribution in [0.15, 0.2) is 94.9 Å². The normalized spacial score (nSPS) is 13.2. The van der Waals surface area contributed by atoms with Gasteiger partial charge in [-0.1, -0.05) is 36.4 Å². The molecule has 0 heterocycles. The number of rotatable bonds is 2. The third-order valence-electron chi connectivity index (χ3n) is 8.34. The summed E-state index contributed by atoms with van der Waals surface area (Å²) in [6.07, 6.45) is -6.16. The number of nitriles is 2. The largest absolute Gasteiger partial charge is 0.419 e. The average molecular weight is 655 g/mol. The topological polar surface area (TPSA) is 72.3 Å². The van der Waals surface area contributed by atoms with Crippen molar-refractivity contribution in [3.8, 4) is 34.6 Å². The predicted molar refractivity (Wildman–Crippen MR) is 162 cm³/mol. The van der Waals surface area contributed by atoms with Crippen molar-refractivity contribution in [2.24, 2.45) is 9.98 Å². The second kappa shape index (κ2) is 10.7. The molecule has 0 fully saturated rings. The number of nitrogens with zero attached hydrogens (tertiary/aromatic N) is 4. The number of fused-ring (bicyclic) bond motifs is 6. The van der Waals surface area contributed by atoms with Crippen LogP contribution in [0, 0.1) is 34.5 Å². The number of hydrogen-bond donors (Lipinski definition) is 0. The van der Waals surface area contributed by atoms with Crippen molar-refractivity contribution >= 4 is 43.1 Å². The van der Waals surface area contributed by atoms with Crippen molar-refractivity contribution in [2.45, 2.75) is 12.4 Å². The Morgan fingerprint density at radius 3 is 1.08 bits per heavy atom. The van der Waals surface area contributed by atoms with E-state index in [4.69, 9.17) is 0 Å². The molecule has 0 bridgehead atoms. The van der Waals surface area contributed by atoms with Crippen molar-refractivity contribution in [3.05, 3.63) is 118 Å². The Morgan fingerprint density at radius 2 is 0.750 bits per heavy atom. The zero-order chi connectivity index (χ0) is 34.1. The molecule has 12 heteroatoms. The summed E-state index contributed by atoms with van der Waals surface area (Å²) in [5.74, 6) is -2.86. The van der Waals surface area contributed by atoms with Gasteiger partial charge in [-0.2, -0.15) is 46.9 Å². The van der Waals surface area contributed by atoms with Crippen LogP contribution in [0.3, 0.4) is 0 Å². The molecule has 0 amide bonds. The van der Waals surface area contributed by atoms with Gasteiger partial charge in [-0.25, -0.2) is 8.78 Å². The van der Waals surface area contributed by atoms with Gasteiger partial charge in [0.2, 0.25) is 12.4 Å². The molecule has 0 spiro atoms. The van der Waals surface area contributed by atoms with Gasteiger partial charge < -0.3 is 0 Å². The average Bonchev–Trinajstić information content (AvgIpc) is 3.49. The van der Waals surface area contributed by atoms with E-state index < -0.39 is 35.1 Å². The van der Waals surface area contributed by atoms with E-state index in [0.717, 1.165) is 24.3 Å². The van der Waals surface area contributed by atoms with Crippen LogP contribution in [-0.4, -0.2) is 0 Å². The molecule has 7 rings (SSSR count). The fraction of sp³-hybridized carbons (Fsp3) is 0.0556. The molecule has 0 unspecified atom stereocenters. The highest BCUT2D eigenvalue weighted by molar-refractivity contribution is 6.21. The van der Waals surface area contributed by atoms with Gasteiger partial charge in [-0.15, -0.1) is 0 Å². The third-order valence-corrected chi connectivity index (χ3v) is 8.34. The zero-order valence-electron chi connectivity index (χ0n) is 23.9. The summed E-state index contributed by atoms with van der Waals surface area (Å²) in [7, 11) is 0. The van der Waals surface area contributed by atoms with Gasteiger partial charge in [0.25, 0.3) is 0 Å². The molecule has 234 valence electrons. The molecule has 0 saturated carbocycles. The summed E-state index contributed by atoms with van der Waals surface area (Å²) in [5, 5.41) is 24.1. The Balaban J connectivity index is 1.45. The molecule has 0 aliphatic carbocycles. The van der Waals surface area contributed by atoms with E-state index in [2.05, 4.69) is 9.98 Å². The summed E-state index contributed by atoms with van der Waals surface area (Å²) in [6.45, 7) is 0. The van der Waals surface area contributed by atoms with E-state index in [9.17, 15) is 45.6 Å². The van der Waals surface area contributed by atoms with Crippen molar-refractivity contribution in [3.63, 3.8) is 0 Å². The van der Waals surface area contributed by atoms with Gasteiger partial charge in [-0.05, 0) is 92.3 Å². The Bertz CT molecular complexity index is 2510. The lowest BCUT2D eigenvalue weighted by Crippen LogP contribution is -2.07. The van der Waals surface area contributed by atoms with Crippen LogP contribution in [0.25, 0.3) is 65.3 Å². The summed E-state index contributed by atoms with van der Waals surface area (Å²) in [6, 6.07) is 18.5. The monoisotopic (exact) mass is 654 g/mol. The van der Waals surface area contributed by atoms with Gasteiger partial charge in [0.05, 0.1) is 21.8 Å². The summed E-state index contributed by atoms with van der Waals surface area (Å²) in [5.41, 5.74) is -1.66. The molecular weight excluding hydrogens is 640 g/mol. The minimum atomic E-state index is -4.86. The number of hydrogen-bond acceptors (Lipinski definition) is 4. The maximum atomic E-state index is 14.4. The van der Waals surface area contributed by atoms with Gasteiger partial charge >= 0.3 is 12.4 Å². The predicted octanol–water partition coefficient (Wildman–Crippen LogP) is 9.59. The SMILES string of the molecule is N#C/N=c1\c2cc(-c3ccc(C(F)(F)F)c(F)c3)ccc2c2cc3/c(=N/C#N)c4cc(-c5ccc(C(F)(F)F)c(F)c5)ccc4c3cc12. The molecule has 7 aromatic rings. The van der Waals surface area contributed by atoms with Crippen LogP contribution in [0.5, 0.6) is 0 Å². The van der Waals surface area contributed by atoms with Crippen LogP contribution >= 0.6 is 0 Å². The molecule has 0 N–H and O–H groups in total. The second-order valence-electron chi connectivity index (χ2n) is 11.0. The molecular formula is C36H14F8N4. The summed E-state index contributed by atoms with van der Waals surface area (Å²) in [4.78, 5) is 8.06. The summed E-state index contributed by atoms with van der Waals surface area (Å²) >= 11 is 0. The molecule has 48 heavy (non-hydrogen) atoms. The minimum absolute atomic E-state index is 0.180. The van der Waals surface area contributed by atoms with Crippen LogP contribution in [0.1, 0.15) is 11.1 Å². The van der Waals surface area contributed by atoms with Gasteiger partial charge in [0.15, 0.2) is 0 Å². The first-order valence-corrected chi connectivity index (χ1v) is 14.0. The zero-order valence-corrected chi connectivity index (χ0v) is 23.9. The molecule has 0 aromatic heterocycles. The van der Waals surface area contributed by atoms with Gasteiger partial charge in [-0.3, -0.25) is 0 Å². The van der Waals surface area contributed by atoms with E-state index in [1.807, 2.05) is 0 Å². The highest BCUT2D eigenvalue weighted by Crippen LogP contribution is 2.38. The lowest BCUT2D eigenvalue weighted by atomic mass is 10.0. The van der Waals surface area contributed by atoms with E-state index in [0.29, 0.717) is 66.3 Å².